The van der Waals surface area contributed by atoms with E-state index in [9.17, 15) is 9.59 Å². The van der Waals surface area contributed by atoms with Crippen LogP contribution in [0.2, 0.25) is 0 Å². The number of carbonyl (C=O) groups excluding carboxylic acids is 2. The molecule has 4 heteroatoms. The Hall–Kier alpha value is -2.62. The summed E-state index contributed by atoms with van der Waals surface area (Å²) < 4.78 is 11.6. The van der Waals surface area contributed by atoms with Gasteiger partial charge in [0.05, 0.1) is 0 Å². The Morgan fingerprint density at radius 3 is 2.82 bits per heavy atom. The molecule has 1 heterocycles. The van der Waals surface area contributed by atoms with Gasteiger partial charge in [-0.05, 0) is 55.6 Å². The number of carbonyl (C=O) groups is 2. The first kappa shape index (κ1) is 18.7. The molecule has 1 aromatic rings. The van der Waals surface area contributed by atoms with Gasteiger partial charge in [0.25, 0.3) is 5.79 Å². The van der Waals surface area contributed by atoms with Crippen molar-refractivity contribution in [1.29, 1.82) is 0 Å². The highest BCUT2D eigenvalue weighted by Crippen LogP contribution is 2.59. The average Bonchev–Trinajstić information content (AvgIpc) is 2.88. The van der Waals surface area contributed by atoms with Gasteiger partial charge >= 0.3 is 11.9 Å². The van der Waals surface area contributed by atoms with Crippen molar-refractivity contribution in [2.24, 2.45) is 11.3 Å². The van der Waals surface area contributed by atoms with Crippen LogP contribution in [0, 0.1) is 11.3 Å². The van der Waals surface area contributed by atoms with Gasteiger partial charge < -0.3 is 9.47 Å². The number of fused-ring (bicyclic) bond motifs is 2. The molecule has 0 saturated heterocycles. The second kappa shape index (κ2) is 6.77. The van der Waals surface area contributed by atoms with E-state index in [4.69, 9.17) is 9.47 Å². The molecule has 0 bridgehead atoms. The van der Waals surface area contributed by atoms with Crippen molar-refractivity contribution >= 4 is 18.0 Å². The maximum Gasteiger partial charge on any atom is 0.337 e. The molecule has 28 heavy (non-hydrogen) atoms. The normalized spacial score (nSPS) is 32.1. The number of hydrogen-bond acceptors (Lipinski definition) is 4. The van der Waals surface area contributed by atoms with Crippen molar-refractivity contribution in [2.45, 2.75) is 51.7 Å². The molecule has 0 amide bonds. The molecule has 3 aliphatic rings. The number of ether oxygens (including phenoxy) is 2. The van der Waals surface area contributed by atoms with Crippen molar-refractivity contribution in [3.05, 3.63) is 65.3 Å². The van der Waals surface area contributed by atoms with Crippen LogP contribution in [0.3, 0.4) is 0 Å². The Kier molecular flexibility index (Phi) is 4.53. The first-order valence-corrected chi connectivity index (χ1v) is 9.90. The first-order chi connectivity index (χ1) is 13.3. The van der Waals surface area contributed by atoms with E-state index in [0.717, 1.165) is 30.4 Å². The minimum atomic E-state index is -1.28. The van der Waals surface area contributed by atoms with Crippen molar-refractivity contribution in [3.8, 4) is 0 Å². The molecular formula is C24H26O4. The minimum absolute atomic E-state index is 0.0901. The molecule has 0 aromatic heterocycles. The number of hydrogen-bond donors (Lipinski definition) is 0. The lowest BCUT2D eigenvalue weighted by atomic mass is 9.56. The van der Waals surface area contributed by atoms with Crippen LogP contribution in [0.15, 0.2) is 59.7 Å². The maximum atomic E-state index is 12.6. The summed E-state index contributed by atoms with van der Waals surface area (Å²) in [5.41, 5.74) is 3.43. The third-order valence-corrected chi connectivity index (χ3v) is 6.58. The molecule has 1 aliphatic heterocycles. The highest BCUT2D eigenvalue weighted by molar-refractivity contribution is 5.93. The van der Waals surface area contributed by atoms with Crippen molar-refractivity contribution < 1.29 is 19.1 Å². The lowest BCUT2D eigenvalue weighted by Gasteiger charge is -2.51. The van der Waals surface area contributed by atoms with Crippen LogP contribution in [0.25, 0.3) is 6.08 Å². The minimum Gasteiger partial charge on any atom is -0.415 e. The van der Waals surface area contributed by atoms with E-state index in [0.29, 0.717) is 24.3 Å². The summed E-state index contributed by atoms with van der Waals surface area (Å²) in [7, 11) is 0. The average molecular weight is 378 g/mol. The maximum absolute atomic E-state index is 12.6. The Labute approximate surface area is 165 Å². The number of esters is 2. The third kappa shape index (κ3) is 3.11. The van der Waals surface area contributed by atoms with Crippen LogP contribution < -0.4 is 0 Å². The summed E-state index contributed by atoms with van der Waals surface area (Å²) in [4.78, 5) is 25.0. The number of allylic oxidation sites excluding steroid dienone is 1. The van der Waals surface area contributed by atoms with E-state index >= 15 is 0 Å². The summed E-state index contributed by atoms with van der Waals surface area (Å²) in [6, 6.07) is 9.55. The van der Waals surface area contributed by atoms with Gasteiger partial charge in [0, 0.05) is 23.6 Å². The van der Waals surface area contributed by atoms with Crippen molar-refractivity contribution in [3.63, 3.8) is 0 Å². The molecule has 146 valence electrons. The zero-order chi connectivity index (χ0) is 19.9. The largest absolute Gasteiger partial charge is 0.415 e. The SMILES string of the molecule is C=C1CCC[C@@]2(C)C[C@@]3(OC(=O)/C=C/c4ccccc4)OC(=O)C(C)=C3C[C@H]12. The fourth-order valence-electron chi connectivity index (χ4n) is 5.09. The summed E-state index contributed by atoms with van der Waals surface area (Å²) in [5.74, 6) is -1.86. The summed E-state index contributed by atoms with van der Waals surface area (Å²) in [6.45, 7) is 8.25. The highest BCUT2D eigenvalue weighted by atomic mass is 16.7. The van der Waals surface area contributed by atoms with E-state index in [2.05, 4.69) is 13.5 Å². The first-order valence-electron chi connectivity index (χ1n) is 9.90. The Morgan fingerprint density at radius 2 is 2.07 bits per heavy atom. The van der Waals surface area contributed by atoms with Crippen LogP contribution in [0.5, 0.6) is 0 Å². The predicted molar refractivity (Wildman–Crippen MR) is 107 cm³/mol. The second-order valence-electron chi connectivity index (χ2n) is 8.51. The van der Waals surface area contributed by atoms with Gasteiger partial charge in [-0.1, -0.05) is 49.4 Å². The van der Waals surface area contributed by atoms with Gasteiger partial charge in [-0.3, -0.25) is 0 Å². The van der Waals surface area contributed by atoms with Crippen molar-refractivity contribution in [2.75, 3.05) is 0 Å². The topological polar surface area (TPSA) is 52.6 Å². The molecule has 0 radical (unpaired) electrons. The van der Waals surface area contributed by atoms with E-state index in [1.165, 1.54) is 11.6 Å². The molecular weight excluding hydrogens is 352 g/mol. The lowest BCUT2D eigenvalue weighted by Crippen LogP contribution is -2.50. The molecule has 4 nitrogen and oxygen atoms in total. The van der Waals surface area contributed by atoms with Gasteiger partial charge in [0.2, 0.25) is 0 Å². The smallest absolute Gasteiger partial charge is 0.337 e. The molecule has 0 N–H and O–H groups in total. The van der Waals surface area contributed by atoms with E-state index in [1.54, 1.807) is 13.0 Å². The summed E-state index contributed by atoms with van der Waals surface area (Å²) in [6.07, 6.45) is 7.37. The quantitative estimate of drug-likeness (QED) is 0.423. The molecule has 1 aromatic carbocycles. The molecule has 2 fully saturated rings. The molecule has 4 rings (SSSR count). The van der Waals surface area contributed by atoms with Crippen LogP contribution in [0.4, 0.5) is 0 Å². The van der Waals surface area contributed by atoms with Gasteiger partial charge in [-0.15, -0.1) is 0 Å². The zero-order valence-corrected chi connectivity index (χ0v) is 16.5. The molecule has 0 unspecified atom stereocenters. The summed E-state index contributed by atoms with van der Waals surface area (Å²) in [5, 5.41) is 0. The van der Waals surface area contributed by atoms with Crippen LogP contribution in [0.1, 0.15) is 51.5 Å². The Balaban J connectivity index is 1.62. The highest BCUT2D eigenvalue weighted by Gasteiger charge is 2.60. The third-order valence-electron chi connectivity index (χ3n) is 6.58. The fourth-order valence-corrected chi connectivity index (χ4v) is 5.09. The van der Waals surface area contributed by atoms with Crippen molar-refractivity contribution in [1.82, 2.24) is 0 Å². The predicted octanol–water partition coefficient (Wildman–Crippen LogP) is 4.97. The van der Waals surface area contributed by atoms with Gasteiger partial charge in [-0.25, -0.2) is 9.59 Å². The second-order valence-corrected chi connectivity index (χ2v) is 8.51. The standard InChI is InChI=1S/C24H26O4/c1-16-8-7-13-23(3)15-24(20(14-19(16)23)17(2)22(26)28-24)27-21(25)12-11-18-9-5-4-6-10-18/h4-6,9-12,19H,1,7-8,13-15H2,2-3H3/b12-11+/t19-,23+,24-/m1/s1. The van der Waals surface area contributed by atoms with Gasteiger partial charge in [0.15, 0.2) is 0 Å². The Bertz CT molecular complexity index is 894. The Morgan fingerprint density at radius 1 is 1.32 bits per heavy atom. The number of benzene rings is 1. The van der Waals surface area contributed by atoms with Crippen LogP contribution in [-0.2, 0) is 19.1 Å². The van der Waals surface area contributed by atoms with Gasteiger partial charge in [0.1, 0.15) is 0 Å². The number of rotatable bonds is 3. The monoisotopic (exact) mass is 378 g/mol. The molecule has 3 atom stereocenters. The molecule has 2 aliphatic carbocycles. The fraction of sp³-hybridized carbons (Fsp3) is 0.417. The van der Waals surface area contributed by atoms with E-state index in [-0.39, 0.29) is 11.4 Å². The summed E-state index contributed by atoms with van der Waals surface area (Å²) >= 11 is 0. The van der Waals surface area contributed by atoms with Gasteiger partial charge in [-0.2, -0.15) is 0 Å². The molecule has 0 spiro atoms. The van der Waals surface area contributed by atoms with Crippen LogP contribution in [-0.4, -0.2) is 17.7 Å². The van der Waals surface area contributed by atoms with E-state index in [1.807, 2.05) is 30.3 Å². The zero-order valence-electron chi connectivity index (χ0n) is 16.5. The lowest BCUT2D eigenvalue weighted by molar-refractivity contribution is -0.221. The molecule has 2 saturated carbocycles. The van der Waals surface area contributed by atoms with E-state index < -0.39 is 11.8 Å². The van der Waals surface area contributed by atoms with Crippen LogP contribution >= 0.6 is 0 Å².